The van der Waals surface area contributed by atoms with Crippen molar-refractivity contribution in [2.45, 2.75) is 6.92 Å². The second kappa shape index (κ2) is 6.01. The number of nitrogens with two attached hydrogens (primary N) is 1. The van der Waals surface area contributed by atoms with Crippen LogP contribution < -0.4 is 11.1 Å². The van der Waals surface area contributed by atoms with E-state index in [0.717, 1.165) is 6.07 Å². The smallest absolute Gasteiger partial charge is 0.340 e. The summed E-state index contributed by atoms with van der Waals surface area (Å²) in [6.07, 6.45) is 3.15. The van der Waals surface area contributed by atoms with Crippen molar-refractivity contribution in [3.05, 3.63) is 48.0 Å². The van der Waals surface area contributed by atoms with Gasteiger partial charge >= 0.3 is 5.97 Å². The fourth-order valence-corrected chi connectivity index (χ4v) is 1.66. The molecule has 0 fully saturated rings. The van der Waals surface area contributed by atoms with Crippen LogP contribution >= 0.6 is 0 Å². The van der Waals surface area contributed by atoms with Crippen LogP contribution in [0.4, 0.5) is 21.5 Å². The summed E-state index contributed by atoms with van der Waals surface area (Å²) in [5, 5.41) is 2.84. The molecule has 2 rings (SSSR count). The second-order valence-corrected chi connectivity index (χ2v) is 4.01. The third-order valence-corrected chi connectivity index (χ3v) is 2.58. The van der Waals surface area contributed by atoms with Crippen LogP contribution in [-0.2, 0) is 4.74 Å². The minimum atomic E-state index is -0.584. The van der Waals surface area contributed by atoms with Crippen LogP contribution in [0.5, 0.6) is 0 Å². The molecular weight excluding hydrogens is 261 g/mol. The average molecular weight is 275 g/mol. The van der Waals surface area contributed by atoms with Gasteiger partial charge in [-0.2, -0.15) is 0 Å². The lowest BCUT2D eigenvalue weighted by atomic mass is 10.1. The highest BCUT2D eigenvalue weighted by atomic mass is 19.1. The quantitative estimate of drug-likeness (QED) is 0.662. The van der Waals surface area contributed by atoms with E-state index in [-0.39, 0.29) is 23.5 Å². The molecule has 0 atom stereocenters. The number of anilines is 3. The highest BCUT2D eigenvalue weighted by molar-refractivity contribution is 5.96. The Bertz CT molecular complexity index is 617. The fourth-order valence-electron chi connectivity index (χ4n) is 1.66. The number of pyridine rings is 1. The molecule has 0 unspecified atom stereocenters. The Hall–Kier alpha value is -2.63. The molecule has 0 radical (unpaired) electrons. The number of ether oxygens (including phenoxy) is 1. The van der Waals surface area contributed by atoms with Crippen molar-refractivity contribution >= 4 is 23.0 Å². The maximum absolute atomic E-state index is 13.9. The summed E-state index contributed by atoms with van der Waals surface area (Å²) in [4.78, 5) is 15.6. The predicted octanol–water partition coefficient (Wildman–Crippen LogP) is 2.72. The van der Waals surface area contributed by atoms with Crippen molar-refractivity contribution in [1.29, 1.82) is 0 Å². The van der Waals surface area contributed by atoms with Crippen molar-refractivity contribution < 1.29 is 13.9 Å². The number of nitrogens with one attached hydrogen (secondary N) is 1. The molecule has 20 heavy (non-hydrogen) atoms. The summed E-state index contributed by atoms with van der Waals surface area (Å²) in [7, 11) is 0. The van der Waals surface area contributed by atoms with Gasteiger partial charge in [-0.05, 0) is 31.2 Å². The van der Waals surface area contributed by atoms with E-state index in [1.807, 2.05) is 0 Å². The van der Waals surface area contributed by atoms with Gasteiger partial charge in [-0.15, -0.1) is 0 Å². The van der Waals surface area contributed by atoms with E-state index in [1.54, 1.807) is 31.5 Å². The lowest BCUT2D eigenvalue weighted by molar-refractivity contribution is 0.0527. The Labute approximate surface area is 115 Å². The maximum Gasteiger partial charge on any atom is 0.340 e. The molecule has 0 saturated carbocycles. The summed E-state index contributed by atoms with van der Waals surface area (Å²) in [5.74, 6) is -1.14. The van der Waals surface area contributed by atoms with Crippen molar-refractivity contribution in [1.82, 2.24) is 4.98 Å². The number of rotatable bonds is 4. The van der Waals surface area contributed by atoms with Gasteiger partial charge in [0.25, 0.3) is 0 Å². The number of benzene rings is 1. The van der Waals surface area contributed by atoms with Crippen LogP contribution in [-0.4, -0.2) is 17.6 Å². The molecule has 0 aliphatic carbocycles. The van der Waals surface area contributed by atoms with Gasteiger partial charge in [0.05, 0.1) is 29.7 Å². The summed E-state index contributed by atoms with van der Waals surface area (Å²) in [5.41, 5.74) is 6.54. The van der Waals surface area contributed by atoms with Crippen molar-refractivity contribution in [3.63, 3.8) is 0 Å². The molecule has 1 aromatic carbocycles. The summed E-state index contributed by atoms with van der Waals surface area (Å²) in [6.45, 7) is 1.91. The third kappa shape index (κ3) is 3.03. The van der Waals surface area contributed by atoms with Gasteiger partial charge in [-0.3, -0.25) is 4.98 Å². The normalized spacial score (nSPS) is 10.1. The number of halogens is 1. The number of nitrogen functional groups attached to an aromatic ring is 1. The Balaban J connectivity index is 2.34. The topological polar surface area (TPSA) is 77.2 Å². The van der Waals surface area contributed by atoms with Gasteiger partial charge < -0.3 is 15.8 Å². The first-order chi connectivity index (χ1) is 9.61. The molecule has 0 amide bonds. The number of carbonyl (C=O) groups excluding carboxylic acids is 1. The van der Waals surface area contributed by atoms with Gasteiger partial charge in [-0.1, -0.05) is 0 Å². The molecule has 1 aromatic heterocycles. The zero-order valence-electron chi connectivity index (χ0n) is 10.9. The second-order valence-electron chi connectivity index (χ2n) is 4.01. The van der Waals surface area contributed by atoms with E-state index in [0.29, 0.717) is 5.69 Å². The highest BCUT2D eigenvalue weighted by Crippen LogP contribution is 2.25. The number of hydrogen-bond acceptors (Lipinski definition) is 5. The predicted molar refractivity (Wildman–Crippen MR) is 74.3 cm³/mol. The molecule has 3 N–H and O–H groups in total. The van der Waals surface area contributed by atoms with E-state index in [4.69, 9.17) is 10.5 Å². The molecular formula is C14H14FN3O2. The van der Waals surface area contributed by atoms with Gasteiger partial charge in [-0.25, -0.2) is 9.18 Å². The Morgan fingerprint density at radius 3 is 2.95 bits per heavy atom. The summed E-state index contributed by atoms with van der Waals surface area (Å²) in [6, 6.07) is 5.86. The molecule has 5 nitrogen and oxygen atoms in total. The number of aromatic nitrogens is 1. The average Bonchev–Trinajstić information content (AvgIpc) is 2.43. The largest absolute Gasteiger partial charge is 0.462 e. The Morgan fingerprint density at radius 1 is 1.50 bits per heavy atom. The molecule has 0 aliphatic heterocycles. The van der Waals surface area contributed by atoms with Crippen LogP contribution in [0, 0.1) is 5.82 Å². The first-order valence-corrected chi connectivity index (χ1v) is 6.05. The van der Waals surface area contributed by atoms with Gasteiger partial charge in [0.2, 0.25) is 0 Å². The maximum atomic E-state index is 13.9. The van der Waals surface area contributed by atoms with E-state index < -0.39 is 11.8 Å². The highest BCUT2D eigenvalue weighted by Gasteiger charge is 2.15. The van der Waals surface area contributed by atoms with E-state index in [2.05, 4.69) is 10.3 Å². The van der Waals surface area contributed by atoms with E-state index in [9.17, 15) is 9.18 Å². The van der Waals surface area contributed by atoms with Crippen molar-refractivity contribution in [2.24, 2.45) is 0 Å². The molecule has 2 aromatic rings. The van der Waals surface area contributed by atoms with Crippen molar-refractivity contribution in [2.75, 3.05) is 17.7 Å². The van der Waals surface area contributed by atoms with E-state index >= 15 is 0 Å². The molecule has 0 spiro atoms. The number of nitrogens with zero attached hydrogens (tertiary/aromatic N) is 1. The van der Waals surface area contributed by atoms with Crippen LogP contribution in [0.2, 0.25) is 0 Å². The standard InChI is InChI=1S/C14H14FN3O2/c1-2-20-14(19)10-6-13(11(15)7-12(10)16)18-9-4-3-5-17-8-9/h3-8,18H,2,16H2,1H3. The van der Waals surface area contributed by atoms with Gasteiger partial charge in [0.1, 0.15) is 5.82 Å². The van der Waals surface area contributed by atoms with Crippen LogP contribution in [0.25, 0.3) is 0 Å². The zero-order chi connectivity index (χ0) is 14.5. The number of carbonyl (C=O) groups is 1. The lowest BCUT2D eigenvalue weighted by Gasteiger charge is -2.11. The molecule has 6 heteroatoms. The van der Waals surface area contributed by atoms with Crippen molar-refractivity contribution in [3.8, 4) is 0 Å². The molecule has 0 aliphatic rings. The monoisotopic (exact) mass is 275 g/mol. The molecule has 1 heterocycles. The van der Waals surface area contributed by atoms with Crippen LogP contribution in [0.15, 0.2) is 36.7 Å². The number of hydrogen-bond donors (Lipinski definition) is 2. The first kappa shape index (κ1) is 13.8. The minimum absolute atomic E-state index is 0.0395. The fraction of sp³-hybridized carbons (Fsp3) is 0.143. The summed E-state index contributed by atoms with van der Waals surface area (Å²) < 4.78 is 18.7. The SMILES string of the molecule is CCOC(=O)c1cc(Nc2cccnc2)c(F)cc1N. The molecule has 104 valence electrons. The van der Waals surface area contributed by atoms with E-state index in [1.165, 1.54) is 6.07 Å². The Morgan fingerprint density at radius 2 is 2.30 bits per heavy atom. The van der Waals surface area contributed by atoms with Gasteiger partial charge in [0, 0.05) is 11.9 Å². The first-order valence-electron chi connectivity index (χ1n) is 6.05. The molecule has 0 saturated heterocycles. The zero-order valence-corrected chi connectivity index (χ0v) is 10.9. The van der Waals surface area contributed by atoms with Crippen LogP contribution in [0.3, 0.4) is 0 Å². The number of esters is 1. The minimum Gasteiger partial charge on any atom is -0.462 e. The summed E-state index contributed by atoms with van der Waals surface area (Å²) >= 11 is 0. The third-order valence-electron chi connectivity index (χ3n) is 2.58. The Kier molecular flexibility index (Phi) is 4.14. The van der Waals surface area contributed by atoms with Crippen LogP contribution in [0.1, 0.15) is 17.3 Å². The van der Waals surface area contributed by atoms with Gasteiger partial charge in [0.15, 0.2) is 0 Å². The molecule has 0 bridgehead atoms. The lowest BCUT2D eigenvalue weighted by Crippen LogP contribution is -2.09.